The van der Waals surface area contributed by atoms with Crippen LogP contribution in [0.3, 0.4) is 0 Å². The van der Waals surface area contributed by atoms with Gasteiger partial charge < -0.3 is 0 Å². The fourth-order valence-electron chi connectivity index (χ4n) is 0.995. The minimum Gasteiger partial charge on any atom is -0.144 e. The summed E-state index contributed by atoms with van der Waals surface area (Å²) in [7, 11) is 0. The van der Waals surface area contributed by atoms with Crippen LogP contribution in [0.2, 0.25) is 0 Å². The topological polar surface area (TPSA) is 0 Å². The van der Waals surface area contributed by atoms with E-state index in [9.17, 15) is 0 Å². The Labute approximate surface area is 74.1 Å². The molecule has 0 saturated heterocycles. The zero-order valence-electron chi connectivity index (χ0n) is 6.13. The van der Waals surface area contributed by atoms with E-state index in [-0.39, 0.29) is 0 Å². The summed E-state index contributed by atoms with van der Waals surface area (Å²) in [6.45, 7) is 2.10. The summed E-state index contributed by atoms with van der Waals surface area (Å²) in [5, 5.41) is 7.46. The lowest BCUT2D eigenvalue weighted by Crippen LogP contribution is -1.68. The molecule has 1 radical (unpaired) electrons. The van der Waals surface area contributed by atoms with Gasteiger partial charge in [-0.25, -0.2) is 0 Å². The van der Waals surface area contributed by atoms with E-state index >= 15 is 0 Å². The maximum absolute atomic E-state index is 3.21. The molecule has 0 saturated carbocycles. The van der Waals surface area contributed by atoms with E-state index in [0.717, 1.165) is 0 Å². The third-order valence-electron chi connectivity index (χ3n) is 1.58. The standard InChI is InChI=1S/C9H7S2/c1-7-5-10-6-8(7)9-3-2-4-11-9/h2-4,6H,1H3. The molecule has 0 unspecified atom stereocenters. The lowest BCUT2D eigenvalue weighted by atomic mass is 10.2. The van der Waals surface area contributed by atoms with Crippen molar-refractivity contribution in [2.24, 2.45) is 0 Å². The van der Waals surface area contributed by atoms with Crippen LogP contribution in [-0.4, -0.2) is 0 Å². The van der Waals surface area contributed by atoms with Gasteiger partial charge in [-0.3, -0.25) is 0 Å². The summed E-state index contributed by atoms with van der Waals surface area (Å²) in [6.07, 6.45) is 0. The summed E-state index contributed by atoms with van der Waals surface area (Å²) >= 11 is 3.43. The molecule has 2 aromatic rings. The number of hydrogen-bond donors (Lipinski definition) is 0. The van der Waals surface area contributed by atoms with Crippen molar-refractivity contribution in [2.45, 2.75) is 6.92 Å². The van der Waals surface area contributed by atoms with Crippen LogP contribution in [0.1, 0.15) is 5.56 Å². The number of rotatable bonds is 1. The fraction of sp³-hybridized carbons (Fsp3) is 0.111. The van der Waals surface area contributed by atoms with E-state index in [4.69, 9.17) is 0 Å². The minimum atomic E-state index is 1.26. The van der Waals surface area contributed by atoms with E-state index in [2.05, 4.69) is 35.2 Å². The first-order valence-corrected chi connectivity index (χ1v) is 5.13. The molecule has 0 N–H and O–H groups in total. The Morgan fingerprint density at radius 1 is 1.45 bits per heavy atom. The van der Waals surface area contributed by atoms with E-state index in [1.165, 1.54) is 16.0 Å². The largest absolute Gasteiger partial charge is 0.144 e. The maximum Gasteiger partial charge on any atom is 0.0481 e. The molecule has 0 spiro atoms. The summed E-state index contributed by atoms with van der Waals surface area (Å²) in [5.74, 6) is 0. The zero-order chi connectivity index (χ0) is 7.68. The Kier molecular flexibility index (Phi) is 1.80. The molecular formula is C9H7S2. The van der Waals surface area contributed by atoms with Gasteiger partial charge in [0.15, 0.2) is 0 Å². The van der Waals surface area contributed by atoms with E-state index < -0.39 is 0 Å². The maximum atomic E-state index is 3.21. The van der Waals surface area contributed by atoms with Crippen LogP contribution in [0.25, 0.3) is 10.4 Å². The van der Waals surface area contributed by atoms with Crippen LogP contribution in [0, 0.1) is 12.3 Å². The quantitative estimate of drug-likeness (QED) is 0.627. The molecule has 2 heterocycles. The fourth-order valence-corrected chi connectivity index (χ4v) is 2.64. The zero-order valence-corrected chi connectivity index (χ0v) is 7.76. The highest BCUT2D eigenvalue weighted by Gasteiger charge is 2.02. The molecular weight excluding hydrogens is 172 g/mol. The summed E-state index contributed by atoms with van der Waals surface area (Å²) in [6, 6.07) is 4.23. The van der Waals surface area contributed by atoms with Gasteiger partial charge in [-0.1, -0.05) is 6.07 Å². The van der Waals surface area contributed by atoms with Crippen molar-refractivity contribution in [2.75, 3.05) is 0 Å². The van der Waals surface area contributed by atoms with Gasteiger partial charge in [-0.15, -0.1) is 22.7 Å². The Morgan fingerprint density at radius 2 is 2.36 bits per heavy atom. The van der Waals surface area contributed by atoms with Gasteiger partial charge >= 0.3 is 0 Å². The van der Waals surface area contributed by atoms with E-state index in [1.54, 1.807) is 22.7 Å². The van der Waals surface area contributed by atoms with Gasteiger partial charge in [-0.2, -0.15) is 0 Å². The lowest BCUT2D eigenvalue weighted by Gasteiger charge is -1.91. The molecule has 2 rings (SSSR count). The molecule has 0 aliphatic carbocycles. The van der Waals surface area contributed by atoms with Crippen LogP contribution in [0.15, 0.2) is 22.9 Å². The molecule has 0 aromatic carbocycles. The molecule has 0 aliphatic rings. The van der Waals surface area contributed by atoms with Crippen LogP contribution >= 0.6 is 22.7 Å². The van der Waals surface area contributed by atoms with Gasteiger partial charge in [0.25, 0.3) is 0 Å². The summed E-state index contributed by atoms with van der Waals surface area (Å²) < 4.78 is 0. The Balaban J connectivity index is 2.53. The molecule has 2 heteroatoms. The van der Waals surface area contributed by atoms with Crippen molar-refractivity contribution in [1.29, 1.82) is 0 Å². The van der Waals surface area contributed by atoms with Crippen molar-refractivity contribution in [3.05, 3.63) is 33.8 Å². The molecule has 0 aliphatic heterocycles. The third-order valence-corrected chi connectivity index (χ3v) is 3.26. The molecule has 0 atom stereocenters. The van der Waals surface area contributed by atoms with Gasteiger partial charge in [0.1, 0.15) is 0 Å². The minimum absolute atomic E-state index is 1.26. The number of aryl methyl sites for hydroxylation is 1. The van der Waals surface area contributed by atoms with Gasteiger partial charge in [0, 0.05) is 21.2 Å². The predicted octanol–water partition coefficient (Wildman–Crippen LogP) is 3.59. The van der Waals surface area contributed by atoms with Crippen LogP contribution < -0.4 is 0 Å². The molecule has 0 nitrogen and oxygen atoms in total. The molecule has 0 fully saturated rings. The first-order chi connectivity index (χ1) is 5.38. The second kappa shape index (κ2) is 2.80. The van der Waals surface area contributed by atoms with Crippen molar-refractivity contribution in [3.63, 3.8) is 0 Å². The van der Waals surface area contributed by atoms with Crippen LogP contribution in [0.5, 0.6) is 0 Å². The molecule has 2 aromatic heterocycles. The van der Waals surface area contributed by atoms with Crippen molar-refractivity contribution >= 4 is 22.7 Å². The predicted molar refractivity (Wildman–Crippen MR) is 51.2 cm³/mol. The SMILES string of the molecule is Cc1[c]scc1-c1cccs1. The van der Waals surface area contributed by atoms with Gasteiger partial charge in [0.05, 0.1) is 0 Å². The van der Waals surface area contributed by atoms with Gasteiger partial charge in [0.2, 0.25) is 0 Å². The normalized spacial score (nSPS) is 10.3. The Hall–Kier alpha value is -0.600. The highest BCUT2D eigenvalue weighted by molar-refractivity contribution is 7.14. The Bertz CT molecular complexity index is 330. The Morgan fingerprint density at radius 3 is 2.91 bits per heavy atom. The van der Waals surface area contributed by atoms with Crippen LogP contribution in [-0.2, 0) is 0 Å². The van der Waals surface area contributed by atoms with Crippen LogP contribution in [0.4, 0.5) is 0 Å². The highest BCUT2D eigenvalue weighted by Crippen LogP contribution is 2.29. The second-order valence-electron chi connectivity index (χ2n) is 2.35. The molecule has 0 bridgehead atoms. The molecule has 11 heavy (non-hydrogen) atoms. The van der Waals surface area contributed by atoms with E-state index in [0.29, 0.717) is 0 Å². The first kappa shape index (κ1) is 7.07. The van der Waals surface area contributed by atoms with Crippen molar-refractivity contribution < 1.29 is 0 Å². The van der Waals surface area contributed by atoms with E-state index in [1.807, 2.05) is 0 Å². The number of thiophene rings is 2. The number of hydrogen-bond acceptors (Lipinski definition) is 2. The third kappa shape index (κ3) is 1.24. The average Bonchev–Trinajstić information content (AvgIpc) is 2.55. The first-order valence-electron chi connectivity index (χ1n) is 3.37. The smallest absolute Gasteiger partial charge is 0.0481 e. The second-order valence-corrected chi connectivity index (χ2v) is 3.98. The summed E-state index contributed by atoms with van der Waals surface area (Å²) in [4.78, 5) is 1.35. The molecule has 55 valence electrons. The lowest BCUT2D eigenvalue weighted by molar-refractivity contribution is 1.55. The monoisotopic (exact) mass is 179 g/mol. The van der Waals surface area contributed by atoms with Gasteiger partial charge in [-0.05, 0) is 23.9 Å². The summed E-state index contributed by atoms with van der Waals surface area (Å²) in [5.41, 5.74) is 2.60. The average molecular weight is 179 g/mol. The van der Waals surface area contributed by atoms with Crippen molar-refractivity contribution in [3.8, 4) is 10.4 Å². The van der Waals surface area contributed by atoms with Crippen molar-refractivity contribution in [1.82, 2.24) is 0 Å². The molecule has 0 amide bonds. The highest BCUT2D eigenvalue weighted by atomic mass is 32.1.